The van der Waals surface area contributed by atoms with Gasteiger partial charge in [0, 0.05) is 18.3 Å². The molecule has 0 N–H and O–H groups in total. The maximum absolute atomic E-state index is 11.6. The zero-order valence-corrected chi connectivity index (χ0v) is 9.52. The van der Waals surface area contributed by atoms with Crippen molar-refractivity contribution in [3.63, 3.8) is 0 Å². The lowest BCUT2D eigenvalue weighted by Gasteiger charge is -2.09. The van der Waals surface area contributed by atoms with E-state index in [-0.39, 0.29) is 17.9 Å². The number of ketones is 1. The SMILES string of the molecule is COC(=O)C(=O)c1ccc2c(c1)CC(=O)N2C. The molecule has 0 fully saturated rings. The summed E-state index contributed by atoms with van der Waals surface area (Å²) in [6.07, 6.45) is 0.258. The van der Waals surface area contributed by atoms with Crippen LogP contribution >= 0.6 is 0 Å². The molecule has 1 amide bonds. The molecule has 0 aromatic heterocycles. The molecule has 1 aliphatic heterocycles. The number of nitrogens with zero attached hydrogens (tertiary/aromatic N) is 1. The normalized spacial score (nSPS) is 13.5. The second kappa shape index (κ2) is 4.01. The number of hydrogen-bond donors (Lipinski definition) is 0. The fraction of sp³-hybridized carbons (Fsp3) is 0.250. The number of carbonyl (C=O) groups excluding carboxylic acids is 3. The van der Waals surface area contributed by atoms with Gasteiger partial charge in [0.05, 0.1) is 13.5 Å². The van der Waals surface area contributed by atoms with Gasteiger partial charge in [-0.2, -0.15) is 0 Å². The molecule has 0 radical (unpaired) electrons. The zero-order valence-electron chi connectivity index (χ0n) is 9.52. The molecular formula is C12H11NO4. The molecule has 0 aliphatic carbocycles. The predicted octanol–water partition coefficient (Wildman–Crippen LogP) is 0.561. The molecule has 0 saturated carbocycles. The van der Waals surface area contributed by atoms with Crippen LogP contribution in [0.1, 0.15) is 15.9 Å². The molecule has 0 bridgehead atoms. The van der Waals surface area contributed by atoms with Crippen molar-refractivity contribution in [1.82, 2.24) is 0 Å². The van der Waals surface area contributed by atoms with Crippen molar-refractivity contribution in [3.8, 4) is 0 Å². The molecule has 88 valence electrons. The number of amides is 1. The Morgan fingerprint density at radius 1 is 1.35 bits per heavy atom. The fourth-order valence-corrected chi connectivity index (χ4v) is 1.82. The minimum atomic E-state index is -0.900. The van der Waals surface area contributed by atoms with E-state index in [1.807, 2.05) is 0 Å². The first-order chi connectivity index (χ1) is 8.04. The first-order valence-corrected chi connectivity index (χ1v) is 5.06. The molecule has 0 spiro atoms. The van der Waals surface area contributed by atoms with Crippen molar-refractivity contribution in [2.45, 2.75) is 6.42 Å². The highest BCUT2D eigenvalue weighted by Gasteiger charge is 2.26. The van der Waals surface area contributed by atoms with Gasteiger partial charge in [-0.15, -0.1) is 0 Å². The van der Waals surface area contributed by atoms with Crippen molar-refractivity contribution in [3.05, 3.63) is 29.3 Å². The van der Waals surface area contributed by atoms with Gasteiger partial charge in [0.15, 0.2) is 0 Å². The summed E-state index contributed by atoms with van der Waals surface area (Å²) in [4.78, 5) is 35.6. The maximum Gasteiger partial charge on any atom is 0.379 e. The second-order valence-corrected chi connectivity index (χ2v) is 3.79. The summed E-state index contributed by atoms with van der Waals surface area (Å²) in [5, 5.41) is 0. The van der Waals surface area contributed by atoms with E-state index in [4.69, 9.17) is 0 Å². The van der Waals surface area contributed by atoms with Gasteiger partial charge in [-0.05, 0) is 23.8 Å². The number of anilines is 1. The number of Topliss-reactive ketones (excluding diaryl/α,β-unsaturated/α-hetero) is 1. The molecule has 17 heavy (non-hydrogen) atoms. The Labute approximate surface area is 98.0 Å². The highest BCUT2D eigenvalue weighted by molar-refractivity contribution is 6.40. The van der Waals surface area contributed by atoms with Crippen LogP contribution in [0.25, 0.3) is 0 Å². The van der Waals surface area contributed by atoms with Crippen molar-refractivity contribution in [1.29, 1.82) is 0 Å². The molecule has 5 nitrogen and oxygen atoms in total. The largest absolute Gasteiger partial charge is 0.463 e. The standard InChI is InChI=1S/C12H11NO4/c1-13-9-4-3-7(11(15)12(16)17-2)5-8(9)6-10(13)14/h3-5H,6H2,1-2H3. The van der Waals surface area contributed by atoms with Crippen LogP contribution in [-0.2, 0) is 20.7 Å². The fourth-order valence-electron chi connectivity index (χ4n) is 1.82. The molecule has 0 unspecified atom stereocenters. The summed E-state index contributed by atoms with van der Waals surface area (Å²) in [7, 11) is 2.83. The van der Waals surface area contributed by atoms with Crippen molar-refractivity contribution in [2.75, 3.05) is 19.1 Å². The first-order valence-electron chi connectivity index (χ1n) is 5.06. The van der Waals surface area contributed by atoms with Gasteiger partial charge < -0.3 is 9.64 Å². The summed E-state index contributed by atoms with van der Waals surface area (Å²) in [6.45, 7) is 0. The Balaban J connectivity index is 2.37. The highest BCUT2D eigenvalue weighted by atomic mass is 16.5. The lowest BCUT2D eigenvalue weighted by molar-refractivity contribution is -0.135. The average Bonchev–Trinajstić information content (AvgIpc) is 2.62. The lowest BCUT2D eigenvalue weighted by Crippen LogP contribution is -2.20. The van der Waals surface area contributed by atoms with Crippen molar-refractivity contribution in [2.24, 2.45) is 0 Å². The molecule has 1 aromatic carbocycles. The number of fused-ring (bicyclic) bond motifs is 1. The van der Waals surface area contributed by atoms with Gasteiger partial charge in [-0.3, -0.25) is 9.59 Å². The smallest absolute Gasteiger partial charge is 0.379 e. The molecule has 5 heteroatoms. The van der Waals surface area contributed by atoms with Crippen LogP contribution in [0.3, 0.4) is 0 Å². The Morgan fingerprint density at radius 3 is 2.71 bits per heavy atom. The third-order valence-electron chi connectivity index (χ3n) is 2.79. The monoisotopic (exact) mass is 233 g/mol. The van der Waals surface area contributed by atoms with Crippen molar-refractivity contribution >= 4 is 23.3 Å². The van der Waals surface area contributed by atoms with E-state index in [9.17, 15) is 14.4 Å². The Bertz CT molecular complexity index is 521. The minimum Gasteiger partial charge on any atom is -0.463 e. The van der Waals surface area contributed by atoms with Crippen LogP contribution in [-0.4, -0.2) is 31.8 Å². The third kappa shape index (κ3) is 1.80. The van der Waals surface area contributed by atoms with Crippen molar-refractivity contribution < 1.29 is 19.1 Å². The molecule has 1 aromatic rings. The number of esters is 1. The predicted molar refractivity (Wildman–Crippen MR) is 59.9 cm³/mol. The van der Waals surface area contributed by atoms with E-state index in [1.165, 1.54) is 11.0 Å². The van der Waals surface area contributed by atoms with Crippen LogP contribution in [0.15, 0.2) is 18.2 Å². The summed E-state index contributed by atoms with van der Waals surface area (Å²) < 4.78 is 4.36. The van der Waals surface area contributed by atoms with E-state index >= 15 is 0 Å². The Hall–Kier alpha value is -2.17. The van der Waals surface area contributed by atoms with E-state index in [2.05, 4.69) is 4.74 Å². The Morgan fingerprint density at radius 2 is 2.06 bits per heavy atom. The number of carbonyl (C=O) groups is 3. The number of hydrogen-bond acceptors (Lipinski definition) is 4. The van der Waals surface area contributed by atoms with E-state index < -0.39 is 11.8 Å². The Kier molecular flexibility index (Phi) is 2.67. The van der Waals surface area contributed by atoms with Gasteiger partial charge in [-0.25, -0.2) is 4.79 Å². The summed E-state index contributed by atoms with van der Waals surface area (Å²) in [5.41, 5.74) is 1.78. The van der Waals surface area contributed by atoms with Crippen LogP contribution in [0.2, 0.25) is 0 Å². The third-order valence-corrected chi connectivity index (χ3v) is 2.79. The quantitative estimate of drug-likeness (QED) is 0.425. The lowest BCUT2D eigenvalue weighted by atomic mass is 10.1. The van der Waals surface area contributed by atoms with Gasteiger partial charge in [0.2, 0.25) is 5.91 Å². The number of likely N-dealkylation sites (N-methyl/N-ethyl adjacent to an activating group) is 1. The zero-order chi connectivity index (χ0) is 12.6. The maximum atomic E-state index is 11.6. The van der Waals surface area contributed by atoms with Crippen LogP contribution < -0.4 is 4.90 Å². The highest BCUT2D eigenvalue weighted by Crippen LogP contribution is 2.28. The number of ether oxygens (including phenoxy) is 1. The molecule has 0 saturated heterocycles. The first kappa shape index (κ1) is 11.3. The van der Waals surface area contributed by atoms with Gasteiger partial charge in [0.25, 0.3) is 5.78 Å². The van der Waals surface area contributed by atoms with Gasteiger partial charge in [-0.1, -0.05) is 0 Å². The van der Waals surface area contributed by atoms with Crippen LogP contribution in [0.4, 0.5) is 5.69 Å². The number of rotatable bonds is 2. The molecular weight excluding hydrogens is 222 g/mol. The molecule has 2 rings (SSSR count). The van der Waals surface area contributed by atoms with Crippen LogP contribution in [0, 0.1) is 0 Å². The van der Waals surface area contributed by atoms with E-state index in [1.54, 1.807) is 19.2 Å². The summed E-state index contributed by atoms with van der Waals surface area (Å²) in [5.74, 6) is -1.62. The van der Waals surface area contributed by atoms with Crippen LogP contribution in [0.5, 0.6) is 0 Å². The summed E-state index contributed by atoms with van der Waals surface area (Å²) >= 11 is 0. The number of benzene rings is 1. The molecule has 1 heterocycles. The average molecular weight is 233 g/mol. The van der Waals surface area contributed by atoms with E-state index in [0.29, 0.717) is 0 Å². The molecule has 0 atom stereocenters. The minimum absolute atomic E-state index is 0.0253. The van der Waals surface area contributed by atoms with Gasteiger partial charge in [0.1, 0.15) is 0 Å². The van der Waals surface area contributed by atoms with Gasteiger partial charge >= 0.3 is 5.97 Å². The molecule has 1 aliphatic rings. The number of methoxy groups -OCH3 is 1. The topological polar surface area (TPSA) is 63.7 Å². The second-order valence-electron chi connectivity index (χ2n) is 3.79. The summed E-state index contributed by atoms with van der Waals surface area (Å²) in [6, 6.07) is 4.75. The van der Waals surface area contributed by atoms with E-state index in [0.717, 1.165) is 18.4 Å².